The molecule has 0 spiro atoms. The number of fused-ring (bicyclic) bond motifs is 3. The fraction of sp³-hybridized carbons (Fsp3) is 0.333. The van der Waals surface area contributed by atoms with Gasteiger partial charge in [-0.2, -0.15) is 0 Å². The van der Waals surface area contributed by atoms with E-state index in [-0.39, 0.29) is 18.4 Å². The van der Waals surface area contributed by atoms with E-state index in [1.165, 1.54) is 0 Å². The Bertz CT molecular complexity index is 891. The van der Waals surface area contributed by atoms with Gasteiger partial charge in [-0.05, 0) is 38.8 Å². The number of benzene rings is 2. The average Bonchev–Trinajstić information content (AvgIpc) is 3.04. The molecule has 3 rings (SSSR count). The zero-order valence-corrected chi connectivity index (χ0v) is 15.8. The lowest BCUT2D eigenvalue weighted by Crippen LogP contribution is -2.44. The minimum Gasteiger partial charge on any atom is -0.449 e. The van der Waals surface area contributed by atoms with Crippen LogP contribution in [0.15, 0.2) is 53.6 Å². The lowest BCUT2D eigenvalue weighted by molar-refractivity contribution is -0.121. The molecule has 0 bridgehead atoms. The van der Waals surface area contributed by atoms with Crippen molar-refractivity contribution in [1.29, 1.82) is 0 Å². The zero-order valence-electron chi connectivity index (χ0n) is 15.8. The van der Waals surface area contributed by atoms with E-state index in [9.17, 15) is 9.59 Å². The van der Waals surface area contributed by atoms with Crippen LogP contribution in [0, 0.1) is 5.92 Å². The van der Waals surface area contributed by atoms with Crippen LogP contribution < -0.4 is 5.32 Å². The van der Waals surface area contributed by atoms with Crippen LogP contribution in [0.25, 0.3) is 21.6 Å². The lowest BCUT2D eigenvalue weighted by atomic mass is 9.98. The fourth-order valence-electron chi connectivity index (χ4n) is 3.56. The number of hydrogen-bond acceptors (Lipinski definition) is 3. The molecule has 0 unspecified atom stereocenters. The second-order valence-electron chi connectivity index (χ2n) is 6.86. The molecule has 1 aliphatic rings. The molecule has 0 saturated heterocycles. The highest BCUT2D eigenvalue weighted by atomic mass is 16.5. The van der Waals surface area contributed by atoms with E-state index in [2.05, 4.69) is 27.5 Å². The van der Waals surface area contributed by atoms with Gasteiger partial charge in [0, 0.05) is 10.8 Å². The minimum absolute atomic E-state index is 0.0620. The van der Waals surface area contributed by atoms with Crippen LogP contribution in [0.1, 0.15) is 37.3 Å². The predicted molar refractivity (Wildman–Crippen MR) is 106 cm³/mol. The van der Waals surface area contributed by atoms with Crippen molar-refractivity contribution in [2.24, 2.45) is 11.0 Å². The Morgan fingerprint density at radius 1 is 1.14 bits per heavy atom. The Morgan fingerprint density at radius 3 is 2.25 bits per heavy atom. The highest BCUT2D eigenvalue weighted by Crippen LogP contribution is 2.44. The number of nitrogens with one attached hydrogen (secondary N) is 1. The summed E-state index contributed by atoms with van der Waals surface area (Å²) < 4.78 is 5.46. The van der Waals surface area contributed by atoms with Crippen molar-refractivity contribution in [3.05, 3.63) is 70.1 Å². The summed E-state index contributed by atoms with van der Waals surface area (Å²) in [5.74, 6) is -0.961. The normalized spacial score (nSPS) is 14.2. The molecule has 2 atom stereocenters. The van der Waals surface area contributed by atoms with Gasteiger partial charge in [0.1, 0.15) is 12.6 Å². The van der Waals surface area contributed by atoms with Crippen molar-refractivity contribution >= 4 is 12.0 Å². The maximum Gasteiger partial charge on any atom is 0.407 e. The van der Waals surface area contributed by atoms with Crippen LogP contribution >= 0.6 is 0 Å². The molecule has 7 nitrogen and oxygen atoms in total. The molecular formula is C21H22N4O3. The monoisotopic (exact) mass is 378 g/mol. The Balaban J connectivity index is 1.72. The van der Waals surface area contributed by atoms with E-state index < -0.39 is 18.0 Å². The van der Waals surface area contributed by atoms with Gasteiger partial charge in [-0.25, -0.2) is 4.79 Å². The van der Waals surface area contributed by atoms with Gasteiger partial charge in [-0.3, -0.25) is 4.79 Å². The Morgan fingerprint density at radius 2 is 1.71 bits per heavy atom. The number of hydrogen-bond donors (Lipinski definition) is 1. The first-order valence-electron chi connectivity index (χ1n) is 9.27. The van der Waals surface area contributed by atoms with Gasteiger partial charge in [0.15, 0.2) is 0 Å². The maximum atomic E-state index is 12.3. The van der Waals surface area contributed by atoms with Crippen LogP contribution in [-0.4, -0.2) is 24.6 Å². The highest BCUT2D eigenvalue weighted by molar-refractivity contribution is 5.86. The largest absolute Gasteiger partial charge is 0.449 e. The van der Waals surface area contributed by atoms with Gasteiger partial charge >= 0.3 is 6.09 Å². The molecule has 0 aromatic heterocycles. The zero-order chi connectivity index (χ0) is 20.1. The van der Waals surface area contributed by atoms with Crippen molar-refractivity contribution in [2.75, 3.05) is 6.61 Å². The van der Waals surface area contributed by atoms with Crippen molar-refractivity contribution in [2.45, 2.75) is 32.2 Å². The molecule has 1 aliphatic carbocycles. The molecule has 144 valence electrons. The third-order valence-corrected chi connectivity index (χ3v) is 5.24. The second kappa shape index (κ2) is 8.59. The van der Waals surface area contributed by atoms with Crippen molar-refractivity contribution in [3.8, 4) is 11.1 Å². The molecule has 28 heavy (non-hydrogen) atoms. The van der Waals surface area contributed by atoms with Crippen LogP contribution in [0.4, 0.5) is 4.79 Å². The summed E-state index contributed by atoms with van der Waals surface area (Å²) in [6, 6.07) is 15.2. The van der Waals surface area contributed by atoms with Crippen LogP contribution in [0.2, 0.25) is 0 Å². The van der Waals surface area contributed by atoms with Gasteiger partial charge in [0.25, 0.3) is 0 Å². The molecule has 0 heterocycles. The van der Waals surface area contributed by atoms with E-state index >= 15 is 0 Å². The first-order valence-corrected chi connectivity index (χ1v) is 9.27. The quantitative estimate of drug-likeness (QED) is 0.444. The summed E-state index contributed by atoms with van der Waals surface area (Å²) in [6.07, 6.45) is -0.0604. The van der Waals surface area contributed by atoms with Crippen LogP contribution in [0.5, 0.6) is 0 Å². The minimum atomic E-state index is -0.906. The highest BCUT2D eigenvalue weighted by Gasteiger charge is 2.30. The van der Waals surface area contributed by atoms with Gasteiger partial charge in [-0.15, -0.1) is 0 Å². The summed E-state index contributed by atoms with van der Waals surface area (Å²) >= 11 is 0. The number of nitrogens with zero attached hydrogens (tertiary/aromatic N) is 3. The molecule has 1 N–H and O–H groups in total. The number of rotatable bonds is 6. The average molecular weight is 378 g/mol. The van der Waals surface area contributed by atoms with Gasteiger partial charge in [0.05, 0.1) is 0 Å². The number of azide groups is 1. The number of amides is 2. The third kappa shape index (κ3) is 3.85. The molecule has 0 radical (unpaired) electrons. The molecule has 2 amide bonds. The van der Waals surface area contributed by atoms with E-state index in [0.717, 1.165) is 22.3 Å². The van der Waals surface area contributed by atoms with E-state index in [1.54, 1.807) is 6.92 Å². The molecule has 2 aromatic rings. The molecule has 0 fully saturated rings. The maximum absolute atomic E-state index is 12.3. The molecule has 2 aromatic carbocycles. The third-order valence-electron chi connectivity index (χ3n) is 5.24. The van der Waals surface area contributed by atoms with Crippen molar-refractivity contribution in [1.82, 2.24) is 5.32 Å². The number of carbonyl (C=O) groups excluding carboxylic acids is 2. The summed E-state index contributed by atoms with van der Waals surface area (Å²) in [5, 5.41) is 5.66. The van der Waals surface area contributed by atoms with Crippen molar-refractivity contribution in [3.63, 3.8) is 0 Å². The topological polar surface area (TPSA) is 104 Å². The Kier molecular flexibility index (Phi) is 5.96. The molecular weight excluding hydrogens is 356 g/mol. The lowest BCUT2D eigenvalue weighted by Gasteiger charge is -2.21. The predicted octanol–water partition coefficient (Wildman–Crippen LogP) is 4.78. The summed E-state index contributed by atoms with van der Waals surface area (Å²) in [5.41, 5.74) is 13.0. The fourth-order valence-corrected chi connectivity index (χ4v) is 3.56. The van der Waals surface area contributed by atoms with E-state index in [0.29, 0.717) is 6.42 Å². The number of ether oxygens (including phenoxy) is 1. The molecule has 0 saturated carbocycles. The van der Waals surface area contributed by atoms with Crippen LogP contribution in [-0.2, 0) is 9.53 Å². The molecule has 7 heteroatoms. The molecule has 0 aliphatic heterocycles. The first kappa shape index (κ1) is 19.5. The number of alkyl carbamates (subject to hydrolysis) is 1. The summed E-state index contributed by atoms with van der Waals surface area (Å²) in [4.78, 5) is 26.8. The summed E-state index contributed by atoms with van der Waals surface area (Å²) in [6.45, 7) is 3.85. The standard InChI is InChI=1S/C21H22N4O3/c1-3-13(2)19(20(26)24-25-22)23-21(27)28-12-18-16-10-6-4-8-14(16)15-9-5-7-11-17(15)18/h4-11,13,18-19H,3,12H2,1-2H3,(H,23,27)/t13-,19-/m0/s1. The van der Waals surface area contributed by atoms with Crippen LogP contribution in [0.3, 0.4) is 0 Å². The van der Waals surface area contributed by atoms with E-state index in [1.807, 2.05) is 43.3 Å². The van der Waals surface area contributed by atoms with E-state index in [4.69, 9.17) is 10.3 Å². The van der Waals surface area contributed by atoms with Gasteiger partial charge in [-0.1, -0.05) is 68.8 Å². The van der Waals surface area contributed by atoms with Gasteiger partial charge in [0.2, 0.25) is 5.91 Å². The smallest absolute Gasteiger partial charge is 0.407 e. The summed E-state index contributed by atoms with van der Waals surface area (Å²) in [7, 11) is 0. The Hall–Kier alpha value is -3.31. The Labute approximate surface area is 163 Å². The SMILES string of the molecule is CC[C@H](C)[C@H](NC(=O)OCC1c2ccccc2-c2ccccc21)C(=O)N=[N+]=[N-]. The number of carbonyl (C=O) groups is 2. The first-order chi connectivity index (χ1) is 13.6. The second-order valence-corrected chi connectivity index (χ2v) is 6.86. The van der Waals surface area contributed by atoms with Gasteiger partial charge < -0.3 is 10.1 Å². The van der Waals surface area contributed by atoms with Crippen molar-refractivity contribution < 1.29 is 14.3 Å².